The van der Waals surface area contributed by atoms with E-state index in [2.05, 4.69) is 15.7 Å². The molecule has 49 heavy (non-hydrogen) atoms. The molecule has 258 valence electrons. The lowest BCUT2D eigenvalue weighted by atomic mass is 9.99. The number of carboxylic acids is 1. The maximum absolute atomic E-state index is 13.5. The Balaban J connectivity index is 0.00000541. The van der Waals surface area contributed by atoms with Gasteiger partial charge in [-0.3, -0.25) is 14.2 Å². The lowest BCUT2D eigenvalue weighted by Gasteiger charge is -2.15. The van der Waals surface area contributed by atoms with Gasteiger partial charge in [0.2, 0.25) is 5.91 Å². The number of hydrogen-bond acceptors (Lipinski definition) is 6. The molecule has 0 fully saturated rings. The first kappa shape index (κ1) is 37.0. The molecule has 2 aromatic heterocycles. The van der Waals surface area contributed by atoms with Gasteiger partial charge in [0, 0.05) is 40.3 Å². The van der Waals surface area contributed by atoms with Gasteiger partial charge < -0.3 is 20.6 Å². The molecule has 0 radical (unpaired) electrons. The molecule has 0 spiro atoms. The highest BCUT2D eigenvalue weighted by molar-refractivity contribution is 8.00. The largest absolute Gasteiger partial charge is 0.481 e. The third-order valence-corrected chi connectivity index (χ3v) is 8.32. The first-order valence-electron chi connectivity index (χ1n) is 15.0. The Morgan fingerprint density at radius 2 is 1.65 bits per heavy atom. The second kappa shape index (κ2) is 16.1. The number of carboxylic acid groups (broad SMARTS) is 1. The van der Waals surface area contributed by atoms with Crippen LogP contribution in [0.15, 0.2) is 96.3 Å². The molecule has 15 heteroatoms. The standard InChI is InChI=1S/C34H33F3N6O4S.ClH/c1-41(2)17-16-22(32(45)46)9-15-31(44)42-21-29(40-33(47)39-25-10-12-27(13-11-25)48-34(35,36)37)28-18-23(8-14-30(28)42)24-19-38-43(20-24)26-6-4-3-5-7-26;/h3-8,10-14,18-22H,9,15-17H2,1-2H3,(H,45,46)(H2,39,40,47);1H. The second-order valence-electron chi connectivity index (χ2n) is 11.4. The zero-order valence-electron chi connectivity index (χ0n) is 26.5. The Morgan fingerprint density at radius 3 is 2.31 bits per heavy atom. The SMILES string of the molecule is CN(C)CCC(CCC(=O)n1cc(NC(=O)Nc2ccc(SC(F)(F)F)cc2)c2cc(-c3cnn(-c4ccccc4)c3)ccc21)C(=O)O.Cl. The number of alkyl halides is 3. The van der Waals surface area contributed by atoms with Crippen LogP contribution in [0.5, 0.6) is 0 Å². The summed E-state index contributed by atoms with van der Waals surface area (Å²) in [6, 6.07) is 19.5. The predicted molar refractivity (Wildman–Crippen MR) is 187 cm³/mol. The molecule has 2 amide bonds. The minimum atomic E-state index is -4.43. The van der Waals surface area contributed by atoms with Gasteiger partial charge in [-0.05, 0) is 99.3 Å². The summed E-state index contributed by atoms with van der Waals surface area (Å²) in [7, 11) is 3.70. The first-order valence-corrected chi connectivity index (χ1v) is 15.8. The van der Waals surface area contributed by atoms with Crippen LogP contribution >= 0.6 is 24.2 Å². The number of halogens is 4. The number of thioether (sulfide) groups is 1. The van der Waals surface area contributed by atoms with Crippen molar-refractivity contribution in [2.24, 2.45) is 5.92 Å². The van der Waals surface area contributed by atoms with Crippen molar-refractivity contribution in [1.82, 2.24) is 19.2 Å². The smallest absolute Gasteiger partial charge is 0.446 e. The molecule has 1 atom stereocenters. The first-order chi connectivity index (χ1) is 22.9. The summed E-state index contributed by atoms with van der Waals surface area (Å²) in [5.41, 5.74) is -0.926. The molecule has 5 rings (SSSR count). The summed E-state index contributed by atoms with van der Waals surface area (Å²) in [6.07, 6.45) is 5.56. The Kier molecular flexibility index (Phi) is 12.1. The summed E-state index contributed by atoms with van der Waals surface area (Å²) in [6.45, 7) is 0.564. The molecule has 10 nitrogen and oxygen atoms in total. The number of anilines is 2. The van der Waals surface area contributed by atoms with Crippen LogP contribution < -0.4 is 10.6 Å². The molecule has 0 bridgehead atoms. The number of benzene rings is 3. The predicted octanol–water partition coefficient (Wildman–Crippen LogP) is 8.24. The van der Waals surface area contributed by atoms with Gasteiger partial charge in [-0.25, -0.2) is 9.48 Å². The quantitative estimate of drug-likeness (QED) is 0.111. The van der Waals surface area contributed by atoms with Crippen molar-refractivity contribution < 1.29 is 32.7 Å². The van der Waals surface area contributed by atoms with Crippen LogP contribution in [0.1, 0.15) is 24.1 Å². The van der Waals surface area contributed by atoms with E-state index in [9.17, 15) is 32.7 Å². The zero-order valence-corrected chi connectivity index (χ0v) is 28.1. The number of aromatic nitrogens is 3. The highest BCUT2D eigenvalue weighted by atomic mass is 35.5. The number of urea groups is 1. The molecule has 0 saturated carbocycles. The maximum atomic E-state index is 13.5. The van der Waals surface area contributed by atoms with Crippen LogP contribution in [0.25, 0.3) is 27.7 Å². The van der Waals surface area contributed by atoms with Gasteiger partial charge >= 0.3 is 17.5 Å². The molecule has 0 aliphatic heterocycles. The van der Waals surface area contributed by atoms with Crippen molar-refractivity contribution in [3.05, 3.63) is 91.4 Å². The fourth-order valence-electron chi connectivity index (χ4n) is 5.16. The number of amides is 2. The van der Waals surface area contributed by atoms with Crippen LogP contribution in [-0.4, -0.2) is 68.4 Å². The number of carbonyl (C=O) groups excluding carboxylic acids is 2. The molecule has 0 aliphatic rings. The molecule has 3 N–H and O–H groups in total. The third kappa shape index (κ3) is 9.87. The van der Waals surface area contributed by atoms with E-state index in [1.54, 1.807) is 16.9 Å². The van der Waals surface area contributed by atoms with Crippen molar-refractivity contribution in [1.29, 1.82) is 0 Å². The number of para-hydroxylation sites is 1. The molecule has 0 saturated heterocycles. The average molecular weight is 715 g/mol. The van der Waals surface area contributed by atoms with E-state index >= 15 is 0 Å². The highest BCUT2D eigenvalue weighted by Crippen LogP contribution is 2.37. The lowest BCUT2D eigenvalue weighted by molar-refractivity contribution is -0.142. The fraction of sp³-hybridized carbons (Fsp3) is 0.235. The summed E-state index contributed by atoms with van der Waals surface area (Å²) in [5, 5.41) is 20.1. The van der Waals surface area contributed by atoms with E-state index in [1.165, 1.54) is 35.0 Å². The van der Waals surface area contributed by atoms with Crippen LogP contribution in [0, 0.1) is 5.92 Å². The van der Waals surface area contributed by atoms with Crippen LogP contribution in [0.2, 0.25) is 0 Å². The number of fused-ring (bicyclic) bond motifs is 1. The Hall–Kier alpha value is -4.79. The number of carbonyl (C=O) groups is 3. The van der Waals surface area contributed by atoms with Gasteiger partial charge in [-0.1, -0.05) is 24.3 Å². The minimum Gasteiger partial charge on any atom is -0.481 e. The van der Waals surface area contributed by atoms with E-state index < -0.39 is 23.4 Å². The van der Waals surface area contributed by atoms with Gasteiger partial charge in [-0.15, -0.1) is 12.4 Å². The molecule has 1 unspecified atom stereocenters. The van der Waals surface area contributed by atoms with Crippen molar-refractivity contribution in [3.63, 3.8) is 0 Å². The van der Waals surface area contributed by atoms with Crippen LogP contribution in [0.3, 0.4) is 0 Å². The Labute approximate surface area is 290 Å². The fourth-order valence-corrected chi connectivity index (χ4v) is 5.70. The van der Waals surface area contributed by atoms with E-state index in [0.717, 1.165) is 16.8 Å². The average Bonchev–Trinajstić information content (AvgIpc) is 3.67. The molecule has 2 heterocycles. The summed E-state index contributed by atoms with van der Waals surface area (Å²) in [5.74, 6) is -2.01. The summed E-state index contributed by atoms with van der Waals surface area (Å²) >= 11 is -0.255. The van der Waals surface area contributed by atoms with E-state index in [0.29, 0.717) is 29.6 Å². The number of nitrogens with zero attached hydrogens (tertiary/aromatic N) is 4. The molecule has 5 aromatic rings. The van der Waals surface area contributed by atoms with Crippen molar-refractivity contribution in [3.8, 4) is 16.8 Å². The summed E-state index contributed by atoms with van der Waals surface area (Å²) in [4.78, 5) is 40.3. The normalized spacial score (nSPS) is 12.0. The Morgan fingerprint density at radius 1 is 0.939 bits per heavy atom. The topological polar surface area (TPSA) is 121 Å². The zero-order chi connectivity index (χ0) is 34.4. The number of hydrogen-bond donors (Lipinski definition) is 3. The van der Waals surface area contributed by atoms with Gasteiger partial charge in [0.25, 0.3) is 0 Å². The summed E-state index contributed by atoms with van der Waals surface area (Å²) < 4.78 is 41.3. The van der Waals surface area contributed by atoms with Crippen molar-refractivity contribution >= 4 is 64.4 Å². The van der Waals surface area contributed by atoms with Crippen LogP contribution in [-0.2, 0) is 4.79 Å². The molecule has 0 aliphatic carbocycles. The van der Waals surface area contributed by atoms with Gasteiger partial charge in [0.1, 0.15) is 0 Å². The second-order valence-corrected chi connectivity index (χ2v) is 12.5. The third-order valence-electron chi connectivity index (χ3n) is 7.58. The highest BCUT2D eigenvalue weighted by Gasteiger charge is 2.29. The van der Waals surface area contributed by atoms with E-state index in [-0.39, 0.29) is 53.5 Å². The molecule has 3 aromatic carbocycles. The minimum absolute atomic E-state index is 0. The molecular formula is C34H34ClF3N6O4S. The lowest BCUT2D eigenvalue weighted by Crippen LogP contribution is -2.23. The van der Waals surface area contributed by atoms with Gasteiger partial charge in [0.05, 0.1) is 29.0 Å². The monoisotopic (exact) mass is 714 g/mol. The number of aliphatic carboxylic acids is 1. The number of rotatable bonds is 12. The van der Waals surface area contributed by atoms with Crippen molar-refractivity contribution in [2.45, 2.75) is 29.7 Å². The van der Waals surface area contributed by atoms with E-state index in [4.69, 9.17) is 0 Å². The maximum Gasteiger partial charge on any atom is 0.446 e. The van der Waals surface area contributed by atoms with E-state index in [1.807, 2.05) is 67.7 Å². The van der Waals surface area contributed by atoms with Crippen LogP contribution in [0.4, 0.5) is 29.3 Å². The van der Waals surface area contributed by atoms with Gasteiger partial charge in [0.15, 0.2) is 0 Å². The van der Waals surface area contributed by atoms with Gasteiger partial charge in [-0.2, -0.15) is 18.3 Å². The van der Waals surface area contributed by atoms with Crippen molar-refractivity contribution in [2.75, 3.05) is 31.3 Å². The number of nitrogens with one attached hydrogen (secondary N) is 2. The molecular weight excluding hydrogens is 681 g/mol. The Bertz CT molecular complexity index is 1910.